The van der Waals surface area contributed by atoms with E-state index in [0.717, 1.165) is 25.3 Å². The second-order valence-corrected chi connectivity index (χ2v) is 5.29. The minimum absolute atomic E-state index is 0.204. The summed E-state index contributed by atoms with van der Waals surface area (Å²) in [5, 5.41) is 0. The van der Waals surface area contributed by atoms with Crippen molar-refractivity contribution >= 4 is 11.6 Å². The number of rotatable bonds is 4. The standard InChI is InChI=1S/C16H24N2O/c1-17(15-9-5-4-6-10-15)16(19)11-14-18-12-7-2-3-8-13-18/h4-6,9-10H,2-3,7-8,11-14H2,1H3. The van der Waals surface area contributed by atoms with Crippen LogP contribution in [0.15, 0.2) is 30.3 Å². The molecule has 0 radical (unpaired) electrons. The van der Waals surface area contributed by atoms with Crippen LogP contribution < -0.4 is 4.90 Å². The molecule has 1 saturated heterocycles. The van der Waals surface area contributed by atoms with Gasteiger partial charge in [-0.3, -0.25) is 4.79 Å². The molecule has 1 aliphatic heterocycles. The summed E-state index contributed by atoms with van der Waals surface area (Å²) in [6.45, 7) is 3.21. The molecule has 0 spiro atoms. The van der Waals surface area contributed by atoms with Crippen LogP contribution in [0, 0.1) is 0 Å². The van der Waals surface area contributed by atoms with Crippen LogP contribution in [0.5, 0.6) is 0 Å². The highest BCUT2D eigenvalue weighted by Crippen LogP contribution is 2.13. The highest BCUT2D eigenvalue weighted by atomic mass is 16.2. The zero-order chi connectivity index (χ0) is 13.5. The Kier molecular flexibility index (Phi) is 5.40. The Balaban J connectivity index is 1.80. The van der Waals surface area contributed by atoms with E-state index >= 15 is 0 Å². The first-order chi connectivity index (χ1) is 9.27. The minimum Gasteiger partial charge on any atom is -0.315 e. The highest BCUT2D eigenvalue weighted by molar-refractivity contribution is 5.92. The highest BCUT2D eigenvalue weighted by Gasteiger charge is 2.14. The van der Waals surface area contributed by atoms with Crippen molar-refractivity contribution in [1.82, 2.24) is 4.90 Å². The number of hydrogen-bond acceptors (Lipinski definition) is 2. The summed E-state index contributed by atoms with van der Waals surface area (Å²) in [7, 11) is 1.86. The van der Waals surface area contributed by atoms with Crippen LogP contribution >= 0.6 is 0 Å². The van der Waals surface area contributed by atoms with Gasteiger partial charge in [-0.1, -0.05) is 31.0 Å². The first-order valence-electron chi connectivity index (χ1n) is 7.31. The number of nitrogens with zero attached hydrogens (tertiary/aromatic N) is 2. The third-order valence-electron chi connectivity index (χ3n) is 3.86. The average molecular weight is 260 g/mol. The van der Waals surface area contributed by atoms with Crippen LogP contribution in [0.1, 0.15) is 32.1 Å². The predicted octanol–water partition coefficient (Wildman–Crippen LogP) is 2.92. The SMILES string of the molecule is CN(C(=O)CCN1CCCCCC1)c1ccccc1. The second-order valence-electron chi connectivity index (χ2n) is 5.29. The average Bonchev–Trinajstić information content (AvgIpc) is 2.73. The minimum atomic E-state index is 0.204. The molecule has 0 N–H and O–H groups in total. The zero-order valence-electron chi connectivity index (χ0n) is 11.8. The molecule has 3 heteroatoms. The summed E-state index contributed by atoms with van der Waals surface area (Å²) in [5.74, 6) is 0.204. The van der Waals surface area contributed by atoms with Gasteiger partial charge in [-0.05, 0) is 38.1 Å². The fourth-order valence-corrected chi connectivity index (χ4v) is 2.58. The summed E-state index contributed by atoms with van der Waals surface area (Å²) >= 11 is 0. The monoisotopic (exact) mass is 260 g/mol. The number of carbonyl (C=O) groups excluding carboxylic acids is 1. The molecule has 1 aromatic rings. The van der Waals surface area contributed by atoms with Crippen molar-refractivity contribution in [1.29, 1.82) is 0 Å². The van der Waals surface area contributed by atoms with Gasteiger partial charge in [0.05, 0.1) is 0 Å². The Hall–Kier alpha value is -1.35. The zero-order valence-corrected chi connectivity index (χ0v) is 11.8. The van der Waals surface area contributed by atoms with Gasteiger partial charge in [0.25, 0.3) is 0 Å². The van der Waals surface area contributed by atoms with E-state index in [1.165, 1.54) is 25.7 Å². The maximum absolute atomic E-state index is 12.2. The Morgan fingerprint density at radius 3 is 2.37 bits per heavy atom. The van der Waals surface area contributed by atoms with E-state index in [4.69, 9.17) is 0 Å². The van der Waals surface area contributed by atoms with Gasteiger partial charge in [0.1, 0.15) is 0 Å². The van der Waals surface area contributed by atoms with Gasteiger partial charge in [-0.15, -0.1) is 0 Å². The van der Waals surface area contributed by atoms with Gasteiger partial charge in [0, 0.05) is 25.7 Å². The number of hydrogen-bond donors (Lipinski definition) is 0. The first kappa shape index (κ1) is 14.1. The molecular formula is C16H24N2O. The molecule has 1 heterocycles. The lowest BCUT2D eigenvalue weighted by Gasteiger charge is -2.22. The number of carbonyl (C=O) groups is 1. The molecule has 104 valence electrons. The molecule has 0 saturated carbocycles. The Morgan fingerprint density at radius 1 is 1.11 bits per heavy atom. The molecule has 0 unspecified atom stereocenters. The van der Waals surface area contributed by atoms with Crippen molar-refractivity contribution in [3.05, 3.63) is 30.3 Å². The van der Waals surface area contributed by atoms with Crippen LogP contribution in [0.3, 0.4) is 0 Å². The van der Waals surface area contributed by atoms with Crippen molar-refractivity contribution in [3.63, 3.8) is 0 Å². The van der Waals surface area contributed by atoms with Crippen molar-refractivity contribution in [2.24, 2.45) is 0 Å². The maximum Gasteiger partial charge on any atom is 0.228 e. The molecule has 0 aliphatic carbocycles. The molecule has 1 aromatic carbocycles. The molecule has 1 fully saturated rings. The van der Waals surface area contributed by atoms with E-state index in [9.17, 15) is 4.79 Å². The Morgan fingerprint density at radius 2 is 1.74 bits per heavy atom. The number of likely N-dealkylation sites (tertiary alicyclic amines) is 1. The molecule has 1 aliphatic rings. The first-order valence-corrected chi connectivity index (χ1v) is 7.31. The second kappa shape index (κ2) is 7.29. The molecule has 0 aromatic heterocycles. The van der Waals surface area contributed by atoms with Gasteiger partial charge < -0.3 is 9.80 Å². The summed E-state index contributed by atoms with van der Waals surface area (Å²) in [5.41, 5.74) is 0.975. The van der Waals surface area contributed by atoms with E-state index in [2.05, 4.69) is 4.90 Å². The maximum atomic E-state index is 12.2. The summed E-state index contributed by atoms with van der Waals surface area (Å²) < 4.78 is 0. The van der Waals surface area contributed by atoms with E-state index in [0.29, 0.717) is 6.42 Å². The summed E-state index contributed by atoms with van der Waals surface area (Å²) in [4.78, 5) is 16.4. The van der Waals surface area contributed by atoms with E-state index in [1.54, 1.807) is 4.90 Å². The van der Waals surface area contributed by atoms with Crippen molar-refractivity contribution in [2.45, 2.75) is 32.1 Å². The van der Waals surface area contributed by atoms with Crippen molar-refractivity contribution in [2.75, 3.05) is 31.6 Å². The van der Waals surface area contributed by atoms with Crippen LogP contribution in [-0.2, 0) is 4.79 Å². The van der Waals surface area contributed by atoms with Crippen LogP contribution in [0.2, 0.25) is 0 Å². The molecule has 1 amide bonds. The number of amides is 1. The third-order valence-corrected chi connectivity index (χ3v) is 3.86. The molecule has 0 bridgehead atoms. The molecule has 19 heavy (non-hydrogen) atoms. The molecule has 2 rings (SSSR count). The van der Waals surface area contributed by atoms with Gasteiger partial charge in [-0.2, -0.15) is 0 Å². The Labute approximate surface area is 116 Å². The smallest absolute Gasteiger partial charge is 0.228 e. The normalized spacial score (nSPS) is 16.9. The fraction of sp³-hybridized carbons (Fsp3) is 0.562. The van der Waals surface area contributed by atoms with Gasteiger partial charge >= 0.3 is 0 Å². The van der Waals surface area contributed by atoms with Crippen LogP contribution in [-0.4, -0.2) is 37.5 Å². The Bertz CT molecular complexity index is 383. The van der Waals surface area contributed by atoms with E-state index < -0.39 is 0 Å². The fourth-order valence-electron chi connectivity index (χ4n) is 2.58. The number of anilines is 1. The van der Waals surface area contributed by atoms with Crippen molar-refractivity contribution < 1.29 is 4.79 Å². The lowest BCUT2D eigenvalue weighted by Crippen LogP contribution is -2.32. The lowest BCUT2D eigenvalue weighted by molar-refractivity contribution is -0.118. The topological polar surface area (TPSA) is 23.6 Å². The summed E-state index contributed by atoms with van der Waals surface area (Å²) in [6.07, 6.45) is 5.86. The van der Waals surface area contributed by atoms with Gasteiger partial charge in [0.2, 0.25) is 5.91 Å². The van der Waals surface area contributed by atoms with Gasteiger partial charge in [-0.25, -0.2) is 0 Å². The third kappa shape index (κ3) is 4.35. The number of benzene rings is 1. The molecule has 3 nitrogen and oxygen atoms in total. The van der Waals surface area contributed by atoms with Crippen molar-refractivity contribution in [3.8, 4) is 0 Å². The molecular weight excluding hydrogens is 236 g/mol. The molecule has 0 atom stereocenters. The number of para-hydroxylation sites is 1. The van der Waals surface area contributed by atoms with Gasteiger partial charge in [0.15, 0.2) is 0 Å². The quantitative estimate of drug-likeness (QED) is 0.831. The summed E-state index contributed by atoms with van der Waals surface area (Å²) in [6, 6.07) is 9.86. The lowest BCUT2D eigenvalue weighted by atomic mass is 10.2. The van der Waals surface area contributed by atoms with E-state index in [1.807, 2.05) is 37.4 Å². The van der Waals surface area contributed by atoms with Crippen LogP contribution in [0.4, 0.5) is 5.69 Å². The largest absolute Gasteiger partial charge is 0.315 e. The predicted molar refractivity (Wildman–Crippen MR) is 79.4 cm³/mol. The van der Waals surface area contributed by atoms with Crippen LogP contribution in [0.25, 0.3) is 0 Å². The van der Waals surface area contributed by atoms with E-state index in [-0.39, 0.29) is 5.91 Å².